The van der Waals surface area contributed by atoms with Crippen molar-refractivity contribution < 1.29 is 4.79 Å². The lowest BCUT2D eigenvalue weighted by Crippen LogP contribution is -2.17. The van der Waals surface area contributed by atoms with Gasteiger partial charge in [-0.1, -0.05) is 41.9 Å². The van der Waals surface area contributed by atoms with E-state index in [1.54, 1.807) is 0 Å². The molecule has 2 heterocycles. The second-order valence-corrected chi connectivity index (χ2v) is 7.40. The van der Waals surface area contributed by atoms with E-state index >= 15 is 0 Å². The summed E-state index contributed by atoms with van der Waals surface area (Å²) in [5.74, 6) is 0.0454. The molecule has 1 aliphatic rings. The number of fused-ring (bicyclic) bond motifs is 2. The monoisotopic (exact) mass is 384 g/mol. The molecule has 3 nitrogen and oxygen atoms in total. The van der Waals surface area contributed by atoms with Gasteiger partial charge in [0.15, 0.2) is 5.78 Å². The molecule has 0 atom stereocenters. The van der Waals surface area contributed by atoms with Crippen molar-refractivity contribution in [2.45, 2.75) is 12.8 Å². The number of halogens is 1. The minimum atomic E-state index is 0.0454. The Balaban J connectivity index is 1.80. The molecule has 0 unspecified atom stereocenters. The van der Waals surface area contributed by atoms with Crippen molar-refractivity contribution >= 4 is 34.4 Å². The third kappa shape index (κ3) is 2.85. The quantitative estimate of drug-likeness (QED) is 0.424. The predicted octanol–water partition coefficient (Wildman–Crippen LogP) is 6.10. The van der Waals surface area contributed by atoms with Gasteiger partial charge in [0.05, 0.1) is 16.8 Å². The number of H-pyrrole nitrogens is 1. The highest BCUT2D eigenvalue weighted by Gasteiger charge is 2.28. The average Bonchev–Trinajstić information content (AvgIpc) is 3.23. The lowest BCUT2D eigenvalue weighted by Gasteiger charge is -2.22. The summed E-state index contributed by atoms with van der Waals surface area (Å²) < 4.78 is 0. The Bertz CT molecular complexity index is 1220. The lowest BCUT2D eigenvalue weighted by molar-refractivity contribution is 0.102. The zero-order valence-electron chi connectivity index (χ0n) is 15.1. The fourth-order valence-electron chi connectivity index (χ4n) is 3.90. The van der Waals surface area contributed by atoms with E-state index in [9.17, 15) is 4.79 Å². The Hall–Kier alpha value is -3.17. The van der Waals surface area contributed by atoms with E-state index in [1.807, 2.05) is 72.9 Å². The van der Waals surface area contributed by atoms with Crippen molar-refractivity contribution in [2.24, 2.45) is 0 Å². The smallest absolute Gasteiger partial charge is 0.191 e. The summed E-state index contributed by atoms with van der Waals surface area (Å²) in [6.45, 7) is 0. The summed E-state index contributed by atoms with van der Waals surface area (Å²) in [5.41, 5.74) is 6.09. The summed E-state index contributed by atoms with van der Waals surface area (Å²) in [6, 6.07) is 19.6. The predicted molar refractivity (Wildman–Crippen MR) is 114 cm³/mol. The molecular weight excluding hydrogens is 368 g/mol. The number of nitrogens with one attached hydrogen (secondary N) is 1. The fourth-order valence-corrected chi connectivity index (χ4v) is 4.08. The Morgan fingerprint density at radius 1 is 0.964 bits per heavy atom. The highest BCUT2D eigenvalue weighted by atomic mass is 35.5. The van der Waals surface area contributed by atoms with Crippen molar-refractivity contribution in [1.29, 1.82) is 0 Å². The Morgan fingerprint density at radius 2 is 1.82 bits per heavy atom. The van der Waals surface area contributed by atoms with Crippen molar-refractivity contribution in [3.63, 3.8) is 0 Å². The number of hydrogen-bond acceptors (Lipinski definition) is 2. The second kappa shape index (κ2) is 6.77. The van der Waals surface area contributed by atoms with Crippen LogP contribution in [0.2, 0.25) is 5.02 Å². The average molecular weight is 385 g/mol. The summed E-state index contributed by atoms with van der Waals surface area (Å²) in [5, 5.41) is 1.55. The second-order valence-electron chi connectivity index (χ2n) is 6.96. The number of aromatic nitrogens is 2. The number of hydrogen-bond donors (Lipinski definition) is 1. The molecule has 4 heteroatoms. The fraction of sp³-hybridized carbons (Fsp3) is 0.0833. The number of Topliss-reactive ketones (excluding diaryl/α,β-unsaturated/α-hetero) is 1. The van der Waals surface area contributed by atoms with Crippen LogP contribution in [-0.2, 0) is 6.42 Å². The molecule has 0 spiro atoms. The molecule has 0 saturated heterocycles. The normalized spacial score (nSPS) is 15.2. The topological polar surface area (TPSA) is 45.8 Å². The maximum atomic E-state index is 13.5. The number of rotatable bonds is 2. The number of aromatic amines is 1. The van der Waals surface area contributed by atoms with Crippen LogP contribution in [0.4, 0.5) is 0 Å². The molecule has 0 saturated carbocycles. The van der Waals surface area contributed by atoms with Crippen molar-refractivity contribution in [3.05, 3.63) is 94.4 Å². The van der Waals surface area contributed by atoms with Gasteiger partial charge in [-0.05, 0) is 54.8 Å². The van der Waals surface area contributed by atoms with Gasteiger partial charge in [0, 0.05) is 33.4 Å². The maximum absolute atomic E-state index is 13.5. The number of pyridine rings is 1. The molecule has 0 bridgehead atoms. The van der Waals surface area contributed by atoms with Crippen LogP contribution >= 0.6 is 11.6 Å². The van der Waals surface area contributed by atoms with Crippen LogP contribution in [0.15, 0.2) is 72.4 Å². The van der Waals surface area contributed by atoms with E-state index in [1.165, 1.54) is 0 Å². The van der Waals surface area contributed by atoms with Crippen LogP contribution in [0.1, 0.15) is 28.2 Å². The number of ketones is 1. The molecule has 0 aliphatic heterocycles. The van der Waals surface area contributed by atoms with Crippen molar-refractivity contribution in [3.8, 4) is 11.1 Å². The molecule has 28 heavy (non-hydrogen) atoms. The van der Waals surface area contributed by atoms with Crippen molar-refractivity contribution in [1.82, 2.24) is 9.97 Å². The highest BCUT2D eigenvalue weighted by Crippen LogP contribution is 2.38. The number of nitrogens with zero attached hydrogens (tertiary/aromatic N) is 1. The number of benzene rings is 2. The molecule has 0 radical (unpaired) electrons. The Kier molecular flexibility index (Phi) is 4.10. The molecule has 0 fully saturated rings. The van der Waals surface area contributed by atoms with Gasteiger partial charge in [0.1, 0.15) is 0 Å². The van der Waals surface area contributed by atoms with E-state index in [0.717, 1.165) is 45.4 Å². The van der Waals surface area contributed by atoms with Gasteiger partial charge < -0.3 is 4.98 Å². The largest absolute Gasteiger partial charge is 0.362 e. The molecule has 0 amide bonds. The van der Waals surface area contributed by atoms with Gasteiger partial charge in [-0.25, -0.2) is 0 Å². The van der Waals surface area contributed by atoms with Crippen LogP contribution in [0.5, 0.6) is 0 Å². The molecule has 136 valence electrons. The van der Waals surface area contributed by atoms with Gasteiger partial charge >= 0.3 is 0 Å². The number of allylic oxidation sites excluding steroid dienone is 1. The maximum Gasteiger partial charge on any atom is 0.191 e. The third-order valence-electron chi connectivity index (χ3n) is 5.19. The molecule has 1 aliphatic carbocycles. The molecule has 4 aromatic rings. The molecule has 5 rings (SSSR count). The SMILES string of the molecule is O=C1/C(=C\c2ccc[nH]2)CCc2nc3ccc(Cl)cc3c(-c3ccccc3)c21. The summed E-state index contributed by atoms with van der Waals surface area (Å²) in [4.78, 5) is 21.5. The van der Waals surface area contributed by atoms with Gasteiger partial charge in [-0.2, -0.15) is 0 Å². The number of carbonyl (C=O) groups excluding carboxylic acids is 1. The molecule has 2 aromatic carbocycles. The first kappa shape index (κ1) is 17.0. The van der Waals surface area contributed by atoms with Crippen LogP contribution in [0, 0.1) is 0 Å². The van der Waals surface area contributed by atoms with Crippen molar-refractivity contribution in [2.75, 3.05) is 0 Å². The van der Waals surface area contributed by atoms with E-state index in [-0.39, 0.29) is 5.78 Å². The van der Waals surface area contributed by atoms with Gasteiger partial charge in [-0.15, -0.1) is 0 Å². The van der Waals surface area contributed by atoms with Crippen LogP contribution in [0.25, 0.3) is 28.1 Å². The van der Waals surface area contributed by atoms with Gasteiger partial charge in [0.2, 0.25) is 0 Å². The Labute approximate surface area is 167 Å². The summed E-state index contributed by atoms with van der Waals surface area (Å²) in [7, 11) is 0. The summed E-state index contributed by atoms with van der Waals surface area (Å²) in [6.07, 6.45) is 5.24. The van der Waals surface area contributed by atoms with Crippen LogP contribution < -0.4 is 0 Å². The first-order chi connectivity index (χ1) is 13.7. The minimum absolute atomic E-state index is 0.0454. The highest BCUT2D eigenvalue weighted by molar-refractivity contribution is 6.31. The van der Waals surface area contributed by atoms with Gasteiger partial charge in [0.25, 0.3) is 0 Å². The van der Waals surface area contributed by atoms with E-state index < -0.39 is 0 Å². The first-order valence-corrected chi connectivity index (χ1v) is 9.65. The van der Waals surface area contributed by atoms with E-state index in [4.69, 9.17) is 16.6 Å². The van der Waals surface area contributed by atoms with E-state index in [0.29, 0.717) is 17.0 Å². The molecule has 2 aromatic heterocycles. The zero-order valence-corrected chi connectivity index (χ0v) is 15.8. The van der Waals surface area contributed by atoms with Crippen LogP contribution in [-0.4, -0.2) is 15.8 Å². The standard InChI is InChI=1S/C24H17ClN2O/c25-17-9-11-20-19(14-17)22(15-5-2-1-3-6-15)23-21(27-20)10-8-16(24(23)28)13-18-7-4-12-26-18/h1-7,9,11-14,26H,8,10H2/b16-13-. The summed E-state index contributed by atoms with van der Waals surface area (Å²) >= 11 is 6.29. The number of aryl methyl sites for hydroxylation is 1. The molecule has 1 N–H and O–H groups in total. The van der Waals surface area contributed by atoms with E-state index in [2.05, 4.69) is 4.98 Å². The first-order valence-electron chi connectivity index (χ1n) is 9.27. The third-order valence-corrected chi connectivity index (χ3v) is 5.42. The van der Waals surface area contributed by atoms with Crippen LogP contribution in [0.3, 0.4) is 0 Å². The molecular formula is C24H17ClN2O. The number of carbonyl (C=O) groups is 1. The minimum Gasteiger partial charge on any atom is -0.362 e. The van der Waals surface area contributed by atoms with Gasteiger partial charge in [-0.3, -0.25) is 9.78 Å². The zero-order chi connectivity index (χ0) is 19.1. The lowest BCUT2D eigenvalue weighted by atomic mass is 9.83. The Morgan fingerprint density at radius 3 is 2.61 bits per heavy atom.